The van der Waals surface area contributed by atoms with Gasteiger partial charge in [-0.3, -0.25) is 4.79 Å². The maximum absolute atomic E-state index is 12.8. The minimum atomic E-state index is -0.696. The quantitative estimate of drug-likeness (QED) is 0.425. The van der Waals surface area contributed by atoms with Gasteiger partial charge in [0.1, 0.15) is 6.10 Å². The van der Waals surface area contributed by atoms with Gasteiger partial charge in [-0.25, -0.2) is 0 Å². The number of hydrogen-bond donors (Lipinski definition) is 1. The highest BCUT2D eigenvalue weighted by Crippen LogP contribution is 2.41. The van der Waals surface area contributed by atoms with Crippen LogP contribution in [0, 0.1) is 18.8 Å². The normalized spacial score (nSPS) is 12.9. The third kappa shape index (κ3) is 6.24. The molecule has 0 amide bonds. The molecular weight excluding hydrogens is 430 g/mol. The predicted molar refractivity (Wildman–Crippen MR) is 139 cm³/mol. The Hall–Kier alpha value is -2.64. The Kier molecular flexibility index (Phi) is 7.05. The van der Waals surface area contributed by atoms with Crippen LogP contribution in [0.1, 0.15) is 64.3 Å². The second-order valence-electron chi connectivity index (χ2n) is 10.1. The molecule has 3 aromatic carbocycles. The number of rotatable bonds is 4. The summed E-state index contributed by atoms with van der Waals surface area (Å²) in [5, 5.41) is 2.73. The lowest BCUT2D eigenvalue weighted by atomic mass is 9.85. The van der Waals surface area contributed by atoms with Crippen LogP contribution in [0.2, 0.25) is 5.02 Å². The summed E-state index contributed by atoms with van der Waals surface area (Å²) in [6, 6.07) is 15.9. The van der Waals surface area contributed by atoms with E-state index in [1.807, 2.05) is 71.9 Å². The molecule has 0 aromatic heterocycles. The smallest absolute Gasteiger partial charge is 0.163 e. The van der Waals surface area contributed by atoms with Crippen LogP contribution >= 0.6 is 11.6 Å². The number of halogens is 1. The maximum atomic E-state index is 12.8. The number of Topliss-reactive ketones (excluding diaryl/α,β-unsaturated/α-hetero) is 1. The van der Waals surface area contributed by atoms with Crippen molar-refractivity contribution in [2.75, 3.05) is 0 Å². The van der Waals surface area contributed by atoms with Gasteiger partial charge in [-0.15, -0.1) is 0 Å². The van der Waals surface area contributed by atoms with Gasteiger partial charge in [0.2, 0.25) is 0 Å². The van der Waals surface area contributed by atoms with Crippen molar-refractivity contribution in [2.45, 2.75) is 65.7 Å². The van der Waals surface area contributed by atoms with E-state index in [9.17, 15) is 4.79 Å². The van der Waals surface area contributed by atoms with Gasteiger partial charge in [0.05, 0.1) is 11.1 Å². The van der Waals surface area contributed by atoms with E-state index in [0.717, 1.165) is 38.6 Å². The van der Waals surface area contributed by atoms with E-state index in [0.29, 0.717) is 5.02 Å². The number of ether oxygens (including phenoxy) is 1. The first-order valence-corrected chi connectivity index (χ1v) is 11.5. The van der Waals surface area contributed by atoms with Crippen molar-refractivity contribution in [3.63, 3.8) is 0 Å². The van der Waals surface area contributed by atoms with Crippen LogP contribution < -0.4 is 5.73 Å². The molecule has 0 spiro atoms. The summed E-state index contributed by atoms with van der Waals surface area (Å²) in [4.78, 5) is 12.8. The molecule has 0 bridgehead atoms. The van der Waals surface area contributed by atoms with Gasteiger partial charge in [0.15, 0.2) is 5.78 Å². The second kappa shape index (κ2) is 9.31. The van der Waals surface area contributed by atoms with Crippen LogP contribution in [-0.2, 0) is 9.53 Å². The van der Waals surface area contributed by atoms with Gasteiger partial charge in [-0.2, -0.15) is 0 Å². The highest BCUT2D eigenvalue weighted by Gasteiger charge is 2.29. The molecule has 0 aliphatic carbocycles. The van der Waals surface area contributed by atoms with E-state index in [1.54, 1.807) is 6.92 Å². The molecule has 0 heterocycles. The molecule has 3 rings (SSSR count). The van der Waals surface area contributed by atoms with Crippen molar-refractivity contribution < 1.29 is 9.53 Å². The van der Waals surface area contributed by atoms with E-state index >= 15 is 0 Å². The lowest BCUT2D eigenvalue weighted by molar-refractivity contribution is -0.138. The predicted octanol–water partition coefficient (Wildman–Crippen LogP) is 7.00. The highest BCUT2D eigenvalue weighted by atomic mass is 35.5. The van der Waals surface area contributed by atoms with Gasteiger partial charge in [0.25, 0.3) is 0 Å². The third-order valence-corrected chi connectivity index (χ3v) is 5.41. The van der Waals surface area contributed by atoms with Crippen molar-refractivity contribution in [3.05, 3.63) is 70.2 Å². The number of nitrogens with two attached hydrogens (primary N) is 1. The molecule has 1 atom stereocenters. The number of ketones is 1. The van der Waals surface area contributed by atoms with Gasteiger partial charge in [-0.1, -0.05) is 47.7 Å². The second-order valence-corrected chi connectivity index (χ2v) is 10.6. The minimum absolute atomic E-state index is 0.0385. The average molecular weight is 462 g/mol. The summed E-state index contributed by atoms with van der Waals surface area (Å²) in [5.74, 6) is 6.26. The Morgan fingerprint density at radius 2 is 1.67 bits per heavy atom. The Morgan fingerprint density at radius 3 is 2.21 bits per heavy atom. The molecule has 0 aliphatic rings. The fraction of sp³-hybridized carbons (Fsp3) is 0.345. The van der Waals surface area contributed by atoms with Crippen LogP contribution in [0.15, 0.2) is 48.5 Å². The molecule has 2 N–H and O–H groups in total. The Balaban J connectivity index is 2.40. The zero-order valence-electron chi connectivity index (χ0n) is 20.5. The van der Waals surface area contributed by atoms with Crippen LogP contribution in [-0.4, -0.2) is 16.9 Å². The number of carbonyl (C=O) groups excluding carboxylic acids is 1. The number of aryl methyl sites for hydroxylation is 1. The molecule has 3 nitrogen and oxygen atoms in total. The molecule has 0 fully saturated rings. The van der Waals surface area contributed by atoms with E-state index in [2.05, 4.69) is 30.0 Å². The minimum Gasteiger partial charge on any atom is -0.360 e. The van der Waals surface area contributed by atoms with E-state index in [-0.39, 0.29) is 5.78 Å². The van der Waals surface area contributed by atoms with Crippen LogP contribution in [0.5, 0.6) is 0 Å². The fourth-order valence-electron chi connectivity index (χ4n) is 3.83. The topological polar surface area (TPSA) is 52.3 Å². The summed E-state index contributed by atoms with van der Waals surface area (Å²) in [5.41, 5.74) is 9.65. The monoisotopic (exact) mass is 461 g/mol. The largest absolute Gasteiger partial charge is 0.360 e. The standard InChI is InChI=1S/C29H32ClNO2/c1-18-16-22-9-8-20(14-15-29(6,7)31)17-24(22)26(21-10-12-23(30)13-11-21)25(18)27(19(2)32)33-28(3,4)5/h8-13,16-17,27H,31H2,1-7H3. The molecule has 0 radical (unpaired) electrons. The molecule has 172 valence electrons. The lowest BCUT2D eigenvalue weighted by Crippen LogP contribution is -2.29. The van der Waals surface area contributed by atoms with Crippen molar-refractivity contribution in [2.24, 2.45) is 5.73 Å². The van der Waals surface area contributed by atoms with Crippen molar-refractivity contribution in [1.29, 1.82) is 0 Å². The average Bonchev–Trinajstić information content (AvgIpc) is 2.69. The zero-order chi connectivity index (χ0) is 24.6. The summed E-state index contributed by atoms with van der Waals surface area (Å²) in [6.45, 7) is 13.3. The third-order valence-electron chi connectivity index (χ3n) is 5.15. The van der Waals surface area contributed by atoms with Crippen molar-refractivity contribution >= 4 is 28.2 Å². The van der Waals surface area contributed by atoms with Crippen LogP contribution in [0.25, 0.3) is 21.9 Å². The molecule has 0 saturated heterocycles. The summed E-state index contributed by atoms with van der Waals surface area (Å²) < 4.78 is 6.30. The van der Waals surface area contributed by atoms with E-state index in [1.165, 1.54) is 0 Å². The first kappa shape index (κ1) is 25.0. The van der Waals surface area contributed by atoms with Gasteiger partial charge in [-0.05, 0) is 106 Å². The van der Waals surface area contributed by atoms with Gasteiger partial charge in [0, 0.05) is 10.6 Å². The molecule has 3 aromatic rings. The number of benzene rings is 3. The fourth-order valence-corrected chi connectivity index (χ4v) is 3.95. The molecule has 1 unspecified atom stereocenters. The zero-order valence-corrected chi connectivity index (χ0v) is 21.2. The summed E-state index contributed by atoms with van der Waals surface area (Å²) in [6.07, 6.45) is -0.696. The van der Waals surface area contributed by atoms with E-state index in [4.69, 9.17) is 22.1 Å². The number of hydrogen-bond acceptors (Lipinski definition) is 3. The number of fused-ring (bicyclic) bond motifs is 1. The Morgan fingerprint density at radius 1 is 1.03 bits per heavy atom. The van der Waals surface area contributed by atoms with Crippen molar-refractivity contribution in [1.82, 2.24) is 0 Å². The molecule has 4 heteroatoms. The molecule has 33 heavy (non-hydrogen) atoms. The van der Waals surface area contributed by atoms with Crippen LogP contribution in [0.4, 0.5) is 0 Å². The molecule has 0 aliphatic heterocycles. The number of carbonyl (C=O) groups is 1. The first-order valence-electron chi connectivity index (χ1n) is 11.1. The van der Waals surface area contributed by atoms with Gasteiger partial charge >= 0.3 is 0 Å². The van der Waals surface area contributed by atoms with Crippen LogP contribution in [0.3, 0.4) is 0 Å². The Labute approximate surface area is 202 Å². The summed E-state index contributed by atoms with van der Waals surface area (Å²) >= 11 is 6.19. The summed E-state index contributed by atoms with van der Waals surface area (Å²) in [7, 11) is 0. The maximum Gasteiger partial charge on any atom is 0.163 e. The Bertz CT molecular complexity index is 1250. The van der Waals surface area contributed by atoms with Gasteiger partial charge < -0.3 is 10.5 Å². The van der Waals surface area contributed by atoms with Crippen molar-refractivity contribution in [3.8, 4) is 23.0 Å². The SMILES string of the molecule is CC(=O)C(OC(C)(C)C)c1c(C)cc2ccc(C#CC(C)(C)N)cc2c1-c1ccc(Cl)cc1. The molecule has 0 saturated carbocycles. The van der Waals surface area contributed by atoms with E-state index < -0.39 is 17.2 Å². The highest BCUT2D eigenvalue weighted by molar-refractivity contribution is 6.30. The lowest BCUT2D eigenvalue weighted by Gasteiger charge is -2.29. The molecular formula is C29H32ClNO2. The first-order chi connectivity index (χ1) is 15.2.